The fourth-order valence-electron chi connectivity index (χ4n) is 1.12. The van der Waals surface area contributed by atoms with Gasteiger partial charge in [0.2, 0.25) is 0 Å². The standard InChI is InChI=1S/C10H6Cl2NO/c1-6-4-10(13-14-6)8-5-7(11)2-3-9(8)12/h2-3,5H,1H3. The number of halogens is 2. The number of benzene rings is 1. The molecular weight excluding hydrogens is 221 g/mol. The van der Waals surface area contributed by atoms with E-state index in [-0.39, 0.29) is 0 Å². The molecule has 0 aliphatic heterocycles. The first kappa shape index (κ1) is 9.56. The summed E-state index contributed by atoms with van der Waals surface area (Å²) in [6.07, 6.45) is 0. The third-order valence-corrected chi connectivity index (χ3v) is 2.32. The third kappa shape index (κ3) is 1.76. The van der Waals surface area contributed by atoms with Crippen LogP contribution in [0.3, 0.4) is 0 Å². The predicted octanol–water partition coefficient (Wildman–Crippen LogP) is 3.76. The first-order valence-electron chi connectivity index (χ1n) is 3.98. The van der Waals surface area contributed by atoms with Crippen molar-refractivity contribution < 1.29 is 4.52 Å². The van der Waals surface area contributed by atoms with Gasteiger partial charge in [0.25, 0.3) is 0 Å². The number of aromatic nitrogens is 1. The normalized spacial score (nSPS) is 10.5. The summed E-state index contributed by atoms with van der Waals surface area (Å²) in [5.41, 5.74) is 1.31. The Kier molecular flexibility index (Phi) is 2.48. The van der Waals surface area contributed by atoms with Crippen LogP contribution in [0.2, 0.25) is 10.0 Å². The molecule has 0 saturated carbocycles. The molecule has 0 fully saturated rings. The Bertz CT molecular complexity index is 465. The van der Waals surface area contributed by atoms with Gasteiger partial charge in [-0.05, 0) is 25.1 Å². The molecule has 0 saturated heterocycles. The number of hydrogen-bond acceptors (Lipinski definition) is 2. The molecule has 0 N–H and O–H groups in total. The van der Waals surface area contributed by atoms with Gasteiger partial charge in [0.1, 0.15) is 11.5 Å². The minimum absolute atomic E-state index is 0.579. The topological polar surface area (TPSA) is 26.0 Å². The second-order valence-corrected chi connectivity index (χ2v) is 3.68. The van der Waals surface area contributed by atoms with Crippen molar-refractivity contribution in [3.8, 4) is 11.3 Å². The number of aryl methyl sites for hydroxylation is 1. The highest BCUT2D eigenvalue weighted by molar-refractivity contribution is 6.35. The summed E-state index contributed by atoms with van der Waals surface area (Å²) >= 11 is 11.8. The maximum absolute atomic E-state index is 5.98. The molecule has 2 aromatic rings. The van der Waals surface area contributed by atoms with E-state index in [2.05, 4.69) is 11.2 Å². The quantitative estimate of drug-likeness (QED) is 0.741. The van der Waals surface area contributed by atoms with Gasteiger partial charge in [-0.3, -0.25) is 0 Å². The van der Waals surface area contributed by atoms with Gasteiger partial charge in [-0.15, -0.1) is 0 Å². The molecule has 0 bridgehead atoms. The van der Waals surface area contributed by atoms with Gasteiger partial charge >= 0.3 is 0 Å². The summed E-state index contributed by atoms with van der Waals surface area (Å²) < 4.78 is 4.91. The molecule has 1 heterocycles. The molecule has 0 atom stereocenters. The molecule has 2 nitrogen and oxygen atoms in total. The smallest absolute Gasteiger partial charge is 0.142 e. The summed E-state index contributed by atoms with van der Waals surface area (Å²) in [5.74, 6) is 0.621. The molecule has 71 valence electrons. The Morgan fingerprint density at radius 2 is 2.14 bits per heavy atom. The van der Waals surface area contributed by atoms with Crippen LogP contribution >= 0.6 is 23.2 Å². The third-order valence-electron chi connectivity index (χ3n) is 1.75. The minimum Gasteiger partial charge on any atom is -0.360 e. The molecule has 0 unspecified atom stereocenters. The summed E-state index contributed by atoms with van der Waals surface area (Å²) in [4.78, 5) is 0. The van der Waals surface area contributed by atoms with Crippen molar-refractivity contribution in [2.45, 2.75) is 6.92 Å². The predicted molar refractivity (Wildman–Crippen MR) is 55.5 cm³/mol. The molecule has 1 radical (unpaired) electrons. The van der Waals surface area contributed by atoms with Crippen LogP contribution in [0.4, 0.5) is 0 Å². The molecule has 0 aliphatic carbocycles. The van der Waals surface area contributed by atoms with E-state index >= 15 is 0 Å². The SMILES string of the molecule is Cc1[c]c(-c2cc(Cl)ccc2Cl)no1. The molecule has 0 spiro atoms. The summed E-state index contributed by atoms with van der Waals surface area (Å²) in [6, 6.07) is 8.12. The Morgan fingerprint density at radius 3 is 2.79 bits per heavy atom. The lowest BCUT2D eigenvalue weighted by molar-refractivity contribution is 0.399. The Labute approximate surface area is 91.4 Å². The molecule has 4 heteroatoms. The molecule has 0 aliphatic rings. The van der Waals surface area contributed by atoms with E-state index in [1.807, 2.05) is 0 Å². The van der Waals surface area contributed by atoms with Gasteiger partial charge in [-0.25, -0.2) is 0 Å². The van der Waals surface area contributed by atoms with Crippen LogP contribution in [0.15, 0.2) is 22.7 Å². The van der Waals surface area contributed by atoms with Crippen molar-refractivity contribution in [2.24, 2.45) is 0 Å². The van der Waals surface area contributed by atoms with Crippen LogP contribution in [0.25, 0.3) is 11.3 Å². The summed E-state index contributed by atoms with van der Waals surface area (Å²) in [6.45, 7) is 1.77. The lowest BCUT2D eigenvalue weighted by Gasteiger charge is -1.99. The van der Waals surface area contributed by atoms with Crippen LogP contribution in [-0.4, -0.2) is 5.16 Å². The first-order valence-corrected chi connectivity index (χ1v) is 4.73. The van der Waals surface area contributed by atoms with Gasteiger partial charge < -0.3 is 4.52 Å². The van der Waals surface area contributed by atoms with Crippen molar-refractivity contribution in [1.82, 2.24) is 5.16 Å². The molecule has 0 amide bonds. The average Bonchev–Trinajstić information content (AvgIpc) is 2.56. The zero-order valence-electron chi connectivity index (χ0n) is 7.34. The monoisotopic (exact) mass is 226 g/mol. The maximum Gasteiger partial charge on any atom is 0.142 e. The van der Waals surface area contributed by atoms with Crippen LogP contribution in [0.5, 0.6) is 0 Å². The Hall–Kier alpha value is -0.990. The molecule has 1 aromatic carbocycles. The van der Waals surface area contributed by atoms with E-state index in [1.165, 1.54) is 0 Å². The highest BCUT2D eigenvalue weighted by atomic mass is 35.5. The van der Waals surface area contributed by atoms with E-state index in [4.69, 9.17) is 27.7 Å². The minimum atomic E-state index is 0.579. The van der Waals surface area contributed by atoms with Crippen molar-refractivity contribution in [2.75, 3.05) is 0 Å². The molecular formula is C10H6Cl2NO. The van der Waals surface area contributed by atoms with Crippen LogP contribution in [-0.2, 0) is 0 Å². The van der Waals surface area contributed by atoms with Gasteiger partial charge in [0.15, 0.2) is 0 Å². The second-order valence-electron chi connectivity index (χ2n) is 2.84. The number of nitrogens with zero attached hydrogens (tertiary/aromatic N) is 1. The van der Waals surface area contributed by atoms with Gasteiger partial charge in [0.05, 0.1) is 11.1 Å². The molecule has 1 aromatic heterocycles. The van der Waals surface area contributed by atoms with E-state index in [0.717, 1.165) is 5.56 Å². The van der Waals surface area contributed by atoms with E-state index < -0.39 is 0 Å². The second kappa shape index (κ2) is 3.64. The zero-order chi connectivity index (χ0) is 10.1. The summed E-state index contributed by atoms with van der Waals surface area (Å²) in [5, 5.41) is 5.01. The largest absolute Gasteiger partial charge is 0.360 e. The maximum atomic E-state index is 5.98. The van der Waals surface area contributed by atoms with Crippen LogP contribution in [0.1, 0.15) is 5.76 Å². The van der Waals surface area contributed by atoms with Crippen molar-refractivity contribution >= 4 is 23.2 Å². The van der Waals surface area contributed by atoms with Crippen molar-refractivity contribution in [1.29, 1.82) is 0 Å². The van der Waals surface area contributed by atoms with Crippen molar-refractivity contribution in [3.63, 3.8) is 0 Å². The number of hydrogen-bond donors (Lipinski definition) is 0. The fraction of sp³-hybridized carbons (Fsp3) is 0.100. The Morgan fingerprint density at radius 1 is 1.36 bits per heavy atom. The first-order chi connectivity index (χ1) is 6.66. The average molecular weight is 227 g/mol. The van der Waals surface area contributed by atoms with Gasteiger partial charge in [0, 0.05) is 10.6 Å². The van der Waals surface area contributed by atoms with Crippen molar-refractivity contribution in [3.05, 3.63) is 40.1 Å². The zero-order valence-corrected chi connectivity index (χ0v) is 8.86. The van der Waals surface area contributed by atoms with Gasteiger partial charge in [-0.1, -0.05) is 28.4 Å². The fourth-order valence-corrected chi connectivity index (χ4v) is 1.50. The lowest BCUT2D eigenvalue weighted by Crippen LogP contribution is -1.79. The number of rotatable bonds is 1. The van der Waals surface area contributed by atoms with Crippen LogP contribution < -0.4 is 0 Å². The van der Waals surface area contributed by atoms with Crippen LogP contribution in [0, 0.1) is 13.0 Å². The lowest BCUT2D eigenvalue weighted by atomic mass is 10.1. The highest BCUT2D eigenvalue weighted by Gasteiger charge is 2.08. The molecule has 2 rings (SSSR count). The van der Waals surface area contributed by atoms with Gasteiger partial charge in [-0.2, -0.15) is 0 Å². The highest BCUT2D eigenvalue weighted by Crippen LogP contribution is 2.29. The van der Waals surface area contributed by atoms with E-state index in [0.29, 0.717) is 21.5 Å². The molecule has 14 heavy (non-hydrogen) atoms. The van der Waals surface area contributed by atoms with E-state index in [9.17, 15) is 0 Å². The Balaban J connectivity index is 2.55. The summed E-state index contributed by atoms with van der Waals surface area (Å²) in [7, 11) is 0. The van der Waals surface area contributed by atoms with E-state index in [1.54, 1.807) is 25.1 Å².